The van der Waals surface area contributed by atoms with Gasteiger partial charge in [0.25, 0.3) is 11.6 Å². The zero-order valence-electron chi connectivity index (χ0n) is 10.6. The third kappa shape index (κ3) is 2.80. The van der Waals surface area contributed by atoms with E-state index in [0.29, 0.717) is 11.3 Å². The van der Waals surface area contributed by atoms with Gasteiger partial charge >= 0.3 is 0 Å². The number of amides is 1. The maximum atomic E-state index is 12.8. The van der Waals surface area contributed by atoms with Crippen molar-refractivity contribution in [2.45, 2.75) is 6.92 Å². The van der Waals surface area contributed by atoms with Crippen LogP contribution in [0.4, 0.5) is 15.8 Å². The number of nitro benzene ring substituents is 1. The molecule has 0 atom stereocenters. The topological polar surface area (TPSA) is 72.2 Å². The molecule has 102 valence electrons. The Morgan fingerprint density at radius 3 is 2.45 bits per heavy atom. The number of carbonyl (C=O) groups excluding carboxylic acids is 1. The predicted molar refractivity (Wildman–Crippen MR) is 72.2 cm³/mol. The lowest BCUT2D eigenvalue weighted by Gasteiger charge is -2.07. The summed E-state index contributed by atoms with van der Waals surface area (Å²) in [6.07, 6.45) is 0. The molecule has 0 saturated carbocycles. The molecule has 0 aliphatic rings. The van der Waals surface area contributed by atoms with Gasteiger partial charge in [-0.15, -0.1) is 0 Å². The van der Waals surface area contributed by atoms with E-state index < -0.39 is 16.6 Å². The van der Waals surface area contributed by atoms with Gasteiger partial charge < -0.3 is 5.32 Å². The van der Waals surface area contributed by atoms with Crippen LogP contribution < -0.4 is 5.32 Å². The molecule has 2 aromatic carbocycles. The van der Waals surface area contributed by atoms with Crippen LogP contribution in [0.15, 0.2) is 42.5 Å². The number of para-hydroxylation sites is 1. The van der Waals surface area contributed by atoms with Crippen molar-refractivity contribution in [3.05, 3.63) is 69.5 Å². The molecule has 0 heterocycles. The molecule has 6 heteroatoms. The van der Waals surface area contributed by atoms with E-state index in [1.54, 1.807) is 19.1 Å². The Morgan fingerprint density at radius 1 is 1.20 bits per heavy atom. The summed E-state index contributed by atoms with van der Waals surface area (Å²) in [7, 11) is 0. The van der Waals surface area contributed by atoms with Gasteiger partial charge in [-0.05, 0) is 37.3 Å². The van der Waals surface area contributed by atoms with E-state index in [9.17, 15) is 19.3 Å². The molecule has 20 heavy (non-hydrogen) atoms. The molecule has 5 nitrogen and oxygen atoms in total. The van der Waals surface area contributed by atoms with E-state index in [1.807, 2.05) is 0 Å². The van der Waals surface area contributed by atoms with Gasteiger partial charge in [0.2, 0.25) is 0 Å². The van der Waals surface area contributed by atoms with Crippen LogP contribution in [0.2, 0.25) is 0 Å². The first kappa shape index (κ1) is 13.7. The Balaban J connectivity index is 2.32. The molecule has 0 unspecified atom stereocenters. The lowest BCUT2D eigenvalue weighted by molar-refractivity contribution is -0.385. The number of hydrogen-bond acceptors (Lipinski definition) is 3. The number of anilines is 1. The first-order valence-corrected chi connectivity index (χ1v) is 5.80. The first-order chi connectivity index (χ1) is 9.49. The number of aryl methyl sites for hydroxylation is 1. The molecule has 0 aromatic heterocycles. The molecule has 0 aliphatic carbocycles. The first-order valence-electron chi connectivity index (χ1n) is 5.80. The second kappa shape index (κ2) is 5.48. The third-order valence-electron chi connectivity index (χ3n) is 2.77. The largest absolute Gasteiger partial charge is 0.322 e. The second-order valence-corrected chi connectivity index (χ2v) is 4.19. The van der Waals surface area contributed by atoms with Crippen molar-refractivity contribution in [3.8, 4) is 0 Å². The van der Waals surface area contributed by atoms with E-state index in [4.69, 9.17) is 0 Å². The minimum Gasteiger partial charge on any atom is -0.322 e. The van der Waals surface area contributed by atoms with Crippen molar-refractivity contribution in [2.75, 3.05) is 5.32 Å². The van der Waals surface area contributed by atoms with Gasteiger partial charge in [-0.25, -0.2) is 4.39 Å². The van der Waals surface area contributed by atoms with Gasteiger partial charge in [-0.3, -0.25) is 14.9 Å². The van der Waals surface area contributed by atoms with Gasteiger partial charge in [-0.2, -0.15) is 0 Å². The summed E-state index contributed by atoms with van der Waals surface area (Å²) in [5, 5.41) is 13.5. The van der Waals surface area contributed by atoms with Gasteiger partial charge in [0.15, 0.2) is 0 Å². The molecule has 2 rings (SSSR count). The van der Waals surface area contributed by atoms with Gasteiger partial charge in [0, 0.05) is 11.3 Å². The molecular weight excluding hydrogens is 263 g/mol. The molecule has 0 fully saturated rings. The quantitative estimate of drug-likeness (QED) is 0.689. The van der Waals surface area contributed by atoms with Gasteiger partial charge in [0.05, 0.1) is 4.92 Å². The number of nitrogens with zero attached hydrogens (tertiary/aromatic N) is 1. The Morgan fingerprint density at radius 2 is 1.85 bits per heavy atom. The highest BCUT2D eigenvalue weighted by molar-refractivity contribution is 6.07. The number of nitro groups is 1. The van der Waals surface area contributed by atoms with Crippen molar-refractivity contribution < 1.29 is 14.1 Å². The van der Waals surface area contributed by atoms with Crippen molar-refractivity contribution >= 4 is 17.3 Å². The Hall–Kier alpha value is -2.76. The fourth-order valence-electron chi connectivity index (χ4n) is 1.82. The van der Waals surface area contributed by atoms with Gasteiger partial charge in [-0.1, -0.05) is 12.1 Å². The molecule has 0 spiro atoms. The molecule has 0 radical (unpaired) electrons. The Labute approximate surface area is 114 Å². The summed E-state index contributed by atoms with van der Waals surface area (Å²) in [6.45, 7) is 1.56. The minimum absolute atomic E-state index is 0.0284. The minimum atomic E-state index is -0.605. The molecule has 0 aliphatic heterocycles. The smallest absolute Gasteiger partial charge is 0.285 e. The van der Waals surface area contributed by atoms with Crippen molar-refractivity contribution in [1.82, 2.24) is 0 Å². The fourth-order valence-corrected chi connectivity index (χ4v) is 1.82. The summed E-state index contributed by atoms with van der Waals surface area (Å²) in [6, 6.07) is 9.67. The van der Waals surface area contributed by atoms with Crippen molar-refractivity contribution in [3.63, 3.8) is 0 Å². The SMILES string of the molecule is Cc1cccc(C(=O)Nc2ccc(F)cc2)c1[N+](=O)[O-]. The lowest BCUT2D eigenvalue weighted by atomic mass is 10.1. The fraction of sp³-hybridized carbons (Fsp3) is 0.0714. The lowest BCUT2D eigenvalue weighted by Crippen LogP contribution is -2.14. The van der Waals surface area contributed by atoms with Crippen LogP contribution in [-0.4, -0.2) is 10.8 Å². The van der Waals surface area contributed by atoms with Crippen LogP contribution in [0.3, 0.4) is 0 Å². The highest BCUT2D eigenvalue weighted by Crippen LogP contribution is 2.24. The zero-order chi connectivity index (χ0) is 14.7. The standard InChI is InChI=1S/C14H11FN2O3/c1-9-3-2-4-12(13(9)17(19)20)14(18)16-11-7-5-10(15)6-8-11/h2-8H,1H3,(H,16,18). The monoisotopic (exact) mass is 274 g/mol. The summed E-state index contributed by atoms with van der Waals surface area (Å²) >= 11 is 0. The normalized spacial score (nSPS) is 10.1. The predicted octanol–water partition coefficient (Wildman–Crippen LogP) is 3.29. The number of halogens is 1. The number of benzene rings is 2. The number of carbonyl (C=O) groups is 1. The molecule has 1 N–H and O–H groups in total. The Bertz CT molecular complexity index is 669. The zero-order valence-corrected chi connectivity index (χ0v) is 10.6. The van der Waals surface area contributed by atoms with Crippen LogP contribution in [0.1, 0.15) is 15.9 Å². The highest BCUT2D eigenvalue weighted by atomic mass is 19.1. The number of rotatable bonds is 3. The maximum Gasteiger partial charge on any atom is 0.285 e. The van der Waals surface area contributed by atoms with E-state index in [2.05, 4.69) is 5.32 Å². The highest BCUT2D eigenvalue weighted by Gasteiger charge is 2.22. The van der Waals surface area contributed by atoms with Crippen molar-refractivity contribution in [1.29, 1.82) is 0 Å². The van der Waals surface area contributed by atoms with Crippen molar-refractivity contribution in [2.24, 2.45) is 0 Å². The van der Waals surface area contributed by atoms with Crippen LogP contribution in [0.5, 0.6) is 0 Å². The average Bonchev–Trinajstić information content (AvgIpc) is 2.40. The van der Waals surface area contributed by atoms with Crippen LogP contribution in [-0.2, 0) is 0 Å². The van der Waals surface area contributed by atoms with E-state index >= 15 is 0 Å². The summed E-state index contributed by atoms with van der Waals surface area (Å²) < 4.78 is 12.8. The van der Waals surface area contributed by atoms with Crippen LogP contribution >= 0.6 is 0 Å². The number of nitrogens with one attached hydrogen (secondary N) is 1. The molecule has 2 aromatic rings. The maximum absolute atomic E-state index is 12.8. The molecular formula is C14H11FN2O3. The van der Waals surface area contributed by atoms with Gasteiger partial charge in [0.1, 0.15) is 11.4 Å². The van der Waals surface area contributed by atoms with E-state index in [1.165, 1.54) is 30.3 Å². The van der Waals surface area contributed by atoms with E-state index in [0.717, 1.165) is 0 Å². The molecule has 0 saturated heterocycles. The van der Waals surface area contributed by atoms with E-state index in [-0.39, 0.29) is 11.3 Å². The molecule has 0 bridgehead atoms. The van der Waals surface area contributed by atoms with Crippen LogP contribution in [0.25, 0.3) is 0 Å². The van der Waals surface area contributed by atoms with Crippen LogP contribution in [0, 0.1) is 22.9 Å². The Kier molecular flexibility index (Phi) is 3.74. The summed E-state index contributed by atoms with van der Waals surface area (Å²) in [5.41, 5.74) is 0.514. The summed E-state index contributed by atoms with van der Waals surface area (Å²) in [5.74, 6) is -1.03. The summed E-state index contributed by atoms with van der Waals surface area (Å²) in [4.78, 5) is 22.5. The average molecular weight is 274 g/mol. The third-order valence-corrected chi connectivity index (χ3v) is 2.77. The molecule has 1 amide bonds. The second-order valence-electron chi connectivity index (χ2n) is 4.19. The number of hydrogen-bond donors (Lipinski definition) is 1.